The van der Waals surface area contributed by atoms with Crippen LogP contribution in [0.5, 0.6) is 0 Å². The summed E-state index contributed by atoms with van der Waals surface area (Å²) in [5.41, 5.74) is 0. The third-order valence-electron chi connectivity index (χ3n) is 4.53. The molecule has 2 saturated carbocycles. The van der Waals surface area contributed by atoms with E-state index in [1.54, 1.807) is 0 Å². The summed E-state index contributed by atoms with van der Waals surface area (Å²) in [6.45, 7) is 0. The zero-order valence-corrected chi connectivity index (χ0v) is 11.4. The Morgan fingerprint density at radius 2 is 1.59 bits per heavy atom. The van der Waals surface area contributed by atoms with Gasteiger partial charge in [-0.05, 0) is 24.7 Å². The predicted molar refractivity (Wildman–Crippen MR) is 71.5 cm³/mol. The first-order valence-electron chi connectivity index (χ1n) is 6.98. The minimum atomic E-state index is -0.580. The molecule has 0 radical (unpaired) electrons. The molecule has 2 aliphatic rings. The molecule has 2 rings (SSSR count). The van der Waals surface area contributed by atoms with E-state index in [9.17, 15) is 4.79 Å². The van der Waals surface area contributed by atoms with Gasteiger partial charge in [-0.1, -0.05) is 51.4 Å². The lowest BCUT2D eigenvalue weighted by molar-refractivity contribution is -0.146. The Morgan fingerprint density at radius 3 is 2.18 bits per heavy atom. The van der Waals surface area contributed by atoms with Crippen molar-refractivity contribution >= 4 is 18.4 Å². The summed E-state index contributed by atoms with van der Waals surface area (Å²) in [4.78, 5) is 10.6. The normalized spacial score (nSPS) is 29.2. The molecule has 2 aliphatic carbocycles. The van der Waals surface area contributed by atoms with Crippen LogP contribution < -0.4 is 0 Å². The minimum absolute atomic E-state index is 0. The van der Waals surface area contributed by atoms with E-state index in [1.807, 2.05) is 0 Å². The quantitative estimate of drug-likeness (QED) is 0.802. The molecule has 0 unspecified atom stereocenters. The van der Waals surface area contributed by atoms with E-state index in [1.165, 1.54) is 51.4 Å². The number of carboxylic acid groups (broad SMARTS) is 1. The summed E-state index contributed by atoms with van der Waals surface area (Å²) < 4.78 is 0. The highest BCUT2D eigenvalue weighted by atomic mass is 35.5. The van der Waals surface area contributed by atoms with Crippen molar-refractivity contribution in [1.82, 2.24) is 0 Å². The van der Waals surface area contributed by atoms with Gasteiger partial charge in [0.2, 0.25) is 0 Å². The van der Waals surface area contributed by atoms with Crippen LogP contribution in [0.4, 0.5) is 0 Å². The highest BCUT2D eigenvalue weighted by molar-refractivity contribution is 5.85. The maximum absolute atomic E-state index is 10.6. The molecular formula is C14H25ClO2. The molecule has 0 atom stereocenters. The third-order valence-corrected chi connectivity index (χ3v) is 4.53. The van der Waals surface area contributed by atoms with Crippen molar-refractivity contribution in [2.45, 2.75) is 64.2 Å². The summed E-state index contributed by atoms with van der Waals surface area (Å²) in [6, 6.07) is 0. The second kappa shape index (κ2) is 7.25. The SMILES string of the molecule is Cl.O=C(O)C1CC(CCCC2CCCCC2)C1. The molecule has 0 aromatic carbocycles. The van der Waals surface area contributed by atoms with Crippen molar-refractivity contribution in [3.8, 4) is 0 Å². The average molecular weight is 261 g/mol. The smallest absolute Gasteiger partial charge is 0.306 e. The Hall–Kier alpha value is -0.240. The van der Waals surface area contributed by atoms with Crippen LogP contribution in [-0.2, 0) is 4.79 Å². The van der Waals surface area contributed by atoms with Crippen LogP contribution in [0.1, 0.15) is 64.2 Å². The maximum Gasteiger partial charge on any atom is 0.306 e. The molecule has 100 valence electrons. The van der Waals surface area contributed by atoms with E-state index in [-0.39, 0.29) is 18.3 Å². The van der Waals surface area contributed by atoms with Gasteiger partial charge in [0, 0.05) is 0 Å². The van der Waals surface area contributed by atoms with E-state index in [2.05, 4.69) is 0 Å². The average Bonchev–Trinajstić information content (AvgIpc) is 2.22. The second-order valence-electron chi connectivity index (χ2n) is 5.81. The van der Waals surface area contributed by atoms with Gasteiger partial charge in [-0.15, -0.1) is 12.4 Å². The lowest BCUT2D eigenvalue weighted by Crippen LogP contribution is -2.30. The van der Waals surface area contributed by atoms with E-state index in [0.717, 1.165) is 24.7 Å². The fourth-order valence-corrected chi connectivity index (χ4v) is 3.34. The standard InChI is InChI=1S/C14H24O2.ClH/c15-14(16)13-9-12(10-13)8-4-7-11-5-2-1-3-6-11;/h11-13H,1-10H2,(H,15,16);1H. The van der Waals surface area contributed by atoms with Crippen molar-refractivity contribution in [2.24, 2.45) is 17.8 Å². The van der Waals surface area contributed by atoms with E-state index < -0.39 is 5.97 Å². The lowest BCUT2D eigenvalue weighted by Gasteiger charge is -2.32. The minimum Gasteiger partial charge on any atom is -0.481 e. The number of rotatable bonds is 5. The van der Waals surface area contributed by atoms with Crippen molar-refractivity contribution in [3.63, 3.8) is 0 Å². The number of halogens is 1. The zero-order valence-electron chi connectivity index (χ0n) is 10.6. The summed E-state index contributed by atoms with van der Waals surface area (Å²) in [7, 11) is 0. The van der Waals surface area contributed by atoms with Gasteiger partial charge in [0.1, 0.15) is 0 Å². The fourth-order valence-electron chi connectivity index (χ4n) is 3.34. The van der Waals surface area contributed by atoms with Gasteiger partial charge in [0.05, 0.1) is 5.92 Å². The van der Waals surface area contributed by atoms with Crippen molar-refractivity contribution < 1.29 is 9.90 Å². The van der Waals surface area contributed by atoms with E-state index >= 15 is 0 Å². The van der Waals surface area contributed by atoms with Crippen molar-refractivity contribution in [1.29, 1.82) is 0 Å². The number of aliphatic carboxylic acids is 1. The number of hydrogen-bond acceptors (Lipinski definition) is 1. The molecule has 0 aliphatic heterocycles. The number of carboxylic acids is 1. The fraction of sp³-hybridized carbons (Fsp3) is 0.929. The molecular weight excluding hydrogens is 236 g/mol. The molecule has 0 aromatic rings. The van der Waals surface area contributed by atoms with Gasteiger partial charge in [-0.3, -0.25) is 4.79 Å². The summed E-state index contributed by atoms with van der Waals surface area (Å²) >= 11 is 0. The molecule has 0 saturated heterocycles. The lowest BCUT2D eigenvalue weighted by atomic mass is 9.72. The van der Waals surface area contributed by atoms with Crippen LogP contribution in [0.15, 0.2) is 0 Å². The Bertz CT molecular complexity index is 230. The van der Waals surface area contributed by atoms with Crippen LogP contribution in [0.25, 0.3) is 0 Å². The van der Waals surface area contributed by atoms with Crippen molar-refractivity contribution in [2.75, 3.05) is 0 Å². The zero-order chi connectivity index (χ0) is 11.4. The Morgan fingerprint density at radius 1 is 1.00 bits per heavy atom. The molecule has 0 heterocycles. The van der Waals surface area contributed by atoms with Gasteiger partial charge >= 0.3 is 5.97 Å². The number of carbonyl (C=O) groups is 1. The predicted octanol–water partition coefficient (Wildman–Crippen LogP) is 4.27. The number of hydrogen-bond donors (Lipinski definition) is 1. The van der Waals surface area contributed by atoms with Crippen molar-refractivity contribution in [3.05, 3.63) is 0 Å². The van der Waals surface area contributed by atoms with Gasteiger partial charge in [0.15, 0.2) is 0 Å². The topological polar surface area (TPSA) is 37.3 Å². The summed E-state index contributed by atoms with van der Waals surface area (Å²) in [5, 5.41) is 8.78. The Labute approximate surface area is 111 Å². The van der Waals surface area contributed by atoms with Gasteiger partial charge in [-0.2, -0.15) is 0 Å². The largest absolute Gasteiger partial charge is 0.481 e. The molecule has 2 nitrogen and oxygen atoms in total. The third kappa shape index (κ3) is 4.50. The molecule has 3 heteroatoms. The van der Waals surface area contributed by atoms with Gasteiger partial charge in [0.25, 0.3) is 0 Å². The molecule has 2 fully saturated rings. The molecule has 0 bridgehead atoms. The van der Waals surface area contributed by atoms with Crippen LogP contribution in [0.2, 0.25) is 0 Å². The first-order chi connectivity index (χ1) is 7.75. The molecule has 0 spiro atoms. The first kappa shape index (κ1) is 14.8. The highest BCUT2D eigenvalue weighted by Gasteiger charge is 2.33. The second-order valence-corrected chi connectivity index (χ2v) is 5.81. The van der Waals surface area contributed by atoms with Gasteiger partial charge < -0.3 is 5.11 Å². The molecule has 0 amide bonds. The molecule has 0 aromatic heterocycles. The van der Waals surface area contributed by atoms with E-state index in [0.29, 0.717) is 0 Å². The maximum atomic E-state index is 10.6. The summed E-state index contributed by atoms with van der Waals surface area (Å²) in [6.07, 6.45) is 13.1. The molecule has 17 heavy (non-hydrogen) atoms. The van der Waals surface area contributed by atoms with Crippen LogP contribution in [-0.4, -0.2) is 11.1 Å². The van der Waals surface area contributed by atoms with Crippen LogP contribution in [0, 0.1) is 17.8 Å². The van der Waals surface area contributed by atoms with Gasteiger partial charge in [-0.25, -0.2) is 0 Å². The van der Waals surface area contributed by atoms with Crippen LogP contribution in [0.3, 0.4) is 0 Å². The summed E-state index contributed by atoms with van der Waals surface area (Å²) in [5.74, 6) is 1.12. The first-order valence-corrected chi connectivity index (χ1v) is 6.98. The van der Waals surface area contributed by atoms with Crippen LogP contribution >= 0.6 is 12.4 Å². The Balaban J connectivity index is 0.00000144. The Kier molecular flexibility index (Phi) is 6.32. The molecule has 1 N–H and O–H groups in total. The monoisotopic (exact) mass is 260 g/mol. The van der Waals surface area contributed by atoms with E-state index in [4.69, 9.17) is 5.11 Å². The highest BCUT2D eigenvalue weighted by Crippen LogP contribution is 2.38.